The van der Waals surface area contributed by atoms with Crippen LogP contribution < -0.4 is 0 Å². The van der Waals surface area contributed by atoms with E-state index < -0.39 is 11.7 Å². The van der Waals surface area contributed by atoms with Crippen LogP contribution in [0.5, 0.6) is 0 Å². The lowest BCUT2D eigenvalue weighted by molar-refractivity contribution is -0.0919. The van der Waals surface area contributed by atoms with Gasteiger partial charge in [-0.3, -0.25) is 4.90 Å². The number of nitrogens with zero attached hydrogens (tertiary/aromatic N) is 1. The Hall–Kier alpha value is -0.160. The summed E-state index contributed by atoms with van der Waals surface area (Å²) in [5.41, 5.74) is -0.515. The molecule has 0 aromatic heterocycles. The van der Waals surface area contributed by atoms with E-state index >= 15 is 0 Å². The molecule has 0 aromatic rings. The maximum atomic E-state index is 10.2. The minimum atomic E-state index is -0.515. The molecule has 0 fully saturated rings. The first-order valence-electron chi connectivity index (χ1n) is 6.35. The summed E-state index contributed by atoms with van der Waals surface area (Å²) in [6, 6.07) is 0.437. The summed E-state index contributed by atoms with van der Waals surface area (Å²) >= 11 is 0. The maximum Gasteiger partial charge on any atom is 0.0950 e. The monoisotopic (exact) mass is 247 g/mol. The van der Waals surface area contributed by atoms with Crippen molar-refractivity contribution < 1.29 is 14.6 Å². The highest BCUT2D eigenvalue weighted by molar-refractivity contribution is 4.82. The second kappa shape index (κ2) is 8.03. The SMILES string of the molecule is CCC(C)N(CCOC)CC(O)C(C)(C)OC. The van der Waals surface area contributed by atoms with Crippen molar-refractivity contribution in [2.24, 2.45) is 0 Å². The Kier molecular flexibility index (Phi) is 7.96. The molecule has 17 heavy (non-hydrogen) atoms. The molecule has 0 radical (unpaired) electrons. The lowest BCUT2D eigenvalue weighted by atomic mass is 10.0. The molecule has 0 aromatic carbocycles. The molecule has 4 nitrogen and oxygen atoms in total. The van der Waals surface area contributed by atoms with Crippen LogP contribution >= 0.6 is 0 Å². The van der Waals surface area contributed by atoms with Crippen LogP contribution in [0.25, 0.3) is 0 Å². The summed E-state index contributed by atoms with van der Waals surface area (Å²) in [6.45, 7) is 10.3. The van der Waals surface area contributed by atoms with E-state index in [0.717, 1.165) is 13.0 Å². The topological polar surface area (TPSA) is 41.9 Å². The largest absolute Gasteiger partial charge is 0.389 e. The Labute approximate surface area is 106 Å². The van der Waals surface area contributed by atoms with E-state index in [2.05, 4.69) is 18.7 Å². The van der Waals surface area contributed by atoms with Gasteiger partial charge in [-0.05, 0) is 27.2 Å². The molecule has 0 bridgehead atoms. The number of ether oxygens (including phenoxy) is 2. The van der Waals surface area contributed by atoms with Crippen molar-refractivity contribution in [1.82, 2.24) is 4.90 Å². The van der Waals surface area contributed by atoms with Crippen LogP contribution in [-0.4, -0.2) is 61.7 Å². The zero-order valence-corrected chi connectivity index (χ0v) is 12.2. The van der Waals surface area contributed by atoms with E-state index in [1.807, 2.05) is 13.8 Å². The lowest BCUT2D eigenvalue weighted by Crippen LogP contribution is -2.49. The highest BCUT2D eigenvalue weighted by atomic mass is 16.5. The number of hydrogen-bond acceptors (Lipinski definition) is 4. The molecule has 0 aliphatic heterocycles. The molecule has 0 rings (SSSR count). The summed E-state index contributed by atoms with van der Waals surface area (Å²) in [7, 11) is 3.33. The van der Waals surface area contributed by atoms with Gasteiger partial charge in [0.1, 0.15) is 0 Å². The van der Waals surface area contributed by atoms with Crippen molar-refractivity contribution in [3.63, 3.8) is 0 Å². The standard InChI is InChI=1S/C13H29NO3/c1-7-11(2)14(8-9-16-5)10-12(15)13(3,4)17-6/h11-12,15H,7-10H2,1-6H3. The molecular weight excluding hydrogens is 218 g/mol. The normalized spacial score (nSPS) is 16.2. The molecule has 2 unspecified atom stereocenters. The average molecular weight is 247 g/mol. The predicted octanol–water partition coefficient (Wildman–Crippen LogP) is 1.52. The van der Waals surface area contributed by atoms with Gasteiger partial charge in [0.2, 0.25) is 0 Å². The van der Waals surface area contributed by atoms with Gasteiger partial charge < -0.3 is 14.6 Å². The zero-order valence-electron chi connectivity index (χ0n) is 12.2. The van der Waals surface area contributed by atoms with Crippen molar-refractivity contribution in [3.05, 3.63) is 0 Å². The second-order valence-corrected chi connectivity index (χ2v) is 5.07. The molecule has 0 amide bonds. The van der Waals surface area contributed by atoms with Crippen molar-refractivity contribution in [3.8, 4) is 0 Å². The first-order valence-corrected chi connectivity index (χ1v) is 6.35. The average Bonchev–Trinajstić information content (AvgIpc) is 2.32. The molecule has 1 N–H and O–H groups in total. The molecular formula is C13H29NO3. The summed E-state index contributed by atoms with van der Waals surface area (Å²) in [5, 5.41) is 10.2. The van der Waals surface area contributed by atoms with Crippen molar-refractivity contribution in [2.45, 2.75) is 51.9 Å². The molecule has 2 atom stereocenters. The van der Waals surface area contributed by atoms with Gasteiger partial charge in [-0.1, -0.05) is 6.92 Å². The minimum absolute atomic E-state index is 0.437. The van der Waals surface area contributed by atoms with Crippen LogP contribution in [0.4, 0.5) is 0 Å². The Morgan fingerprint density at radius 2 is 1.88 bits per heavy atom. The van der Waals surface area contributed by atoms with E-state index in [4.69, 9.17) is 9.47 Å². The van der Waals surface area contributed by atoms with Crippen LogP contribution in [0.15, 0.2) is 0 Å². The molecule has 0 spiro atoms. The fourth-order valence-electron chi connectivity index (χ4n) is 1.54. The number of hydrogen-bond donors (Lipinski definition) is 1. The number of aliphatic hydroxyl groups excluding tert-OH is 1. The fraction of sp³-hybridized carbons (Fsp3) is 1.00. The summed E-state index contributed by atoms with van der Waals surface area (Å²) < 4.78 is 10.4. The van der Waals surface area contributed by atoms with Gasteiger partial charge in [0.15, 0.2) is 0 Å². The van der Waals surface area contributed by atoms with Gasteiger partial charge in [0.05, 0.1) is 18.3 Å². The van der Waals surface area contributed by atoms with Crippen molar-refractivity contribution >= 4 is 0 Å². The maximum absolute atomic E-state index is 10.2. The van der Waals surface area contributed by atoms with Gasteiger partial charge in [0.25, 0.3) is 0 Å². The smallest absolute Gasteiger partial charge is 0.0950 e. The van der Waals surface area contributed by atoms with Gasteiger partial charge >= 0.3 is 0 Å². The Bertz CT molecular complexity index is 197. The summed E-state index contributed by atoms with van der Waals surface area (Å²) in [4.78, 5) is 2.24. The van der Waals surface area contributed by atoms with E-state index in [-0.39, 0.29) is 0 Å². The lowest BCUT2D eigenvalue weighted by Gasteiger charge is -2.36. The van der Waals surface area contributed by atoms with Crippen LogP contribution in [0.1, 0.15) is 34.1 Å². The third-order valence-corrected chi connectivity index (χ3v) is 3.53. The van der Waals surface area contributed by atoms with E-state index in [9.17, 15) is 5.11 Å². The van der Waals surface area contributed by atoms with E-state index in [0.29, 0.717) is 19.2 Å². The molecule has 0 heterocycles. The highest BCUT2D eigenvalue weighted by Crippen LogP contribution is 2.16. The summed E-state index contributed by atoms with van der Waals surface area (Å²) in [5.74, 6) is 0. The minimum Gasteiger partial charge on any atom is -0.389 e. The molecule has 104 valence electrons. The highest BCUT2D eigenvalue weighted by Gasteiger charge is 2.29. The van der Waals surface area contributed by atoms with Crippen LogP contribution in [0, 0.1) is 0 Å². The summed E-state index contributed by atoms with van der Waals surface area (Å²) in [6.07, 6.45) is 0.558. The quantitative estimate of drug-likeness (QED) is 0.671. The van der Waals surface area contributed by atoms with Crippen LogP contribution in [0.2, 0.25) is 0 Å². The van der Waals surface area contributed by atoms with Gasteiger partial charge in [-0.15, -0.1) is 0 Å². The van der Waals surface area contributed by atoms with Gasteiger partial charge in [-0.25, -0.2) is 0 Å². The van der Waals surface area contributed by atoms with Gasteiger partial charge in [0, 0.05) is 33.4 Å². The predicted molar refractivity (Wildman–Crippen MR) is 70.3 cm³/mol. The number of aliphatic hydroxyl groups is 1. The van der Waals surface area contributed by atoms with Crippen molar-refractivity contribution in [2.75, 3.05) is 33.9 Å². The number of rotatable bonds is 9. The first-order chi connectivity index (χ1) is 7.88. The molecule has 0 saturated carbocycles. The Morgan fingerprint density at radius 3 is 2.29 bits per heavy atom. The molecule has 0 saturated heterocycles. The molecule has 0 aliphatic rings. The fourth-order valence-corrected chi connectivity index (χ4v) is 1.54. The second-order valence-electron chi connectivity index (χ2n) is 5.07. The first kappa shape index (κ1) is 16.8. The zero-order chi connectivity index (χ0) is 13.5. The van der Waals surface area contributed by atoms with Crippen molar-refractivity contribution in [1.29, 1.82) is 0 Å². The van der Waals surface area contributed by atoms with Crippen LogP contribution in [-0.2, 0) is 9.47 Å². The van der Waals surface area contributed by atoms with Gasteiger partial charge in [-0.2, -0.15) is 0 Å². The third kappa shape index (κ3) is 5.82. The van der Waals surface area contributed by atoms with E-state index in [1.165, 1.54) is 0 Å². The Morgan fingerprint density at radius 1 is 1.29 bits per heavy atom. The third-order valence-electron chi connectivity index (χ3n) is 3.53. The Balaban J connectivity index is 4.41. The number of methoxy groups -OCH3 is 2. The van der Waals surface area contributed by atoms with E-state index in [1.54, 1.807) is 14.2 Å². The molecule has 0 aliphatic carbocycles. The van der Waals surface area contributed by atoms with Crippen LogP contribution in [0.3, 0.4) is 0 Å². The molecule has 4 heteroatoms.